The van der Waals surface area contributed by atoms with Gasteiger partial charge in [-0.15, -0.1) is 0 Å². The van der Waals surface area contributed by atoms with E-state index in [9.17, 15) is 13.2 Å². The fourth-order valence-electron chi connectivity index (χ4n) is 1.85. The Bertz CT molecular complexity index is 611. The third-order valence-electron chi connectivity index (χ3n) is 2.67. The van der Waals surface area contributed by atoms with Crippen molar-refractivity contribution in [1.29, 1.82) is 0 Å². The molecular weight excluding hydrogens is 280 g/mol. The molecular formula is C12H20N4O3S. The average Bonchev–Trinajstić information content (AvgIpc) is 2.26. The van der Waals surface area contributed by atoms with Gasteiger partial charge in [-0.05, 0) is 39.1 Å². The summed E-state index contributed by atoms with van der Waals surface area (Å²) >= 11 is 0. The van der Waals surface area contributed by atoms with Crippen molar-refractivity contribution in [2.24, 2.45) is 5.73 Å². The first kappa shape index (κ1) is 16.3. The Labute approximate surface area is 118 Å². The number of sulfonamides is 1. The molecule has 1 amide bonds. The molecule has 1 rings (SSSR count). The molecule has 112 valence electrons. The highest BCUT2D eigenvalue weighted by molar-refractivity contribution is 7.89. The third kappa shape index (κ3) is 4.10. The molecule has 0 radical (unpaired) electrons. The summed E-state index contributed by atoms with van der Waals surface area (Å²) in [5.74, 6) is -0.426. The predicted octanol–water partition coefficient (Wildman–Crippen LogP) is 0.243. The molecule has 0 aliphatic carbocycles. The van der Waals surface area contributed by atoms with E-state index < -0.39 is 21.5 Å². The summed E-state index contributed by atoms with van der Waals surface area (Å²) in [6.07, 6.45) is 0.142. The van der Waals surface area contributed by atoms with E-state index in [2.05, 4.69) is 10.0 Å². The van der Waals surface area contributed by atoms with Gasteiger partial charge in [0.15, 0.2) is 0 Å². The minimum atomic E-state index is -3.59. The van der Waals surface area contributed by atoms with Crippen molar-refractivity contribution in [2.45, 2.75) is 30.7 Å². The highest BCUT2D eigenvalue weighted by Gasteiger charge is 2.21. The molecule has 0 atom stereocenters. The number of benzene rings is 1. The van der Waals surface area contributed by atoms with Crippen molar-refractivity contribution in [1.82, 2.24) is 4.72 Å². The molecule has 1 aromatic carbocycles. The van der Waals surface area contributed by atoms with E-state index in [4.69, 9.17) is 11.5 Å². The van der Waals surface area contributed by atoms with Gasteiger partial charge in [0.2, 0.25) is 15.9 Å². The molecule has 0 aromatic heterocycles. The van der Waals surface area contributed by atoms with Crippen LogP contribution in [-0.2, 0) is 14.8 Å². The van der Waals surface area contributed by atoms with E-state index >= 15 is 0 Å². The van der Waals surface area contributed by atoms with Crippen LogP contribution in [0.4, 0.5) is 11.4 Å². The predicted molar refractivity (Wildman–Crippen MR) is 78.6 cm³/mol. The van der Waals surface area contributed by atoms with E-state index in [1.54, 1.807) is 6.07 Å². The number of nitrogens with one attached hydrogen (secondary N) is 2. The summed E-state index contributed by atoms with van der Waals surface area (Å²) in [5.41, 5.74) is 11.1. The van der Waals surface area contributed by atoms with Gasteiger partial charge in [0.25, 0.3) is 0 Å². The number of hydrogen-bond donors (Lipinski definition) is 4. The molecule has 0 saturated carbocycles. The van der Waals surface area contributed by atoms with Gasteiger partial charge in [0.05, 0.1) is 5.69 Å². The van der Waals surface area contributed by atoms with Gasteiger partial charge >= 0.3 is 0 Å². The Kier molecular flexibility index (Phi) is 4.61. The minimum absolute atomic E-state index is 0.0123. The number of nitrogen functional groups attached to an aromatic ring is 1. The largest absolute Gasteiger partial charge is 0.398 e. The maximum absolute atomic E-state index is 11.7. The molecule has 0 bridgehead atoms. The highest BCUT2D eigenvalue weighted by atomic mass is 32.2. The molecule has 7 nitrogen and oxygen atoms in total. The van der Waals surface area contributed by atoms with Gasteiger partial charge in [-0.3, -0.25) is 4.79 Å². The van der Waals surface area contributed by atoms with Crippen LogP contribution in [0.15, 0.2) is 23.1 Å². The van der Waals surface area contributed by atoms with Crippen molar-refractivity contribution in [2.75, 3.05) is 18.1 Å². The van der Waals surface area contributed by atoms with Gasteiger partial charge in [-0.2, -0.15) is 0 Å². The van der Waals surface area contributed by atoms with Crippen LogP contribution in [0.2, 0.25) is 0 Å². The second-order valence-electron chi connectivity index (χ2n) is 5.11. The zero-order chi connectivity index (χ0) is 15.6. The zero-order valence-electron chi connectivity index (χ0n) is 11.7. The second-order valence-corrected chi connectivity index (χ2v) is 6.97. The summed E-state index contributed by atoms with van der Waals surface area (Å²) in [6, 6.07) is 4.50. The summed E-state index contributed by atoms with van der Waals surface area (Å²) in [4.78, 5) is 11.0. The molecule has 0 saturated heterocycles. The minimum Gasteiger partial charge on any atom is -0.398 e. The van der Waals surface area contributed by atoms with Crippen LogP contribution in [0, 0.1) is 0 Å². The van der Waals surface area contributed by atoms with E-state index in [1.165, 1.54) is 19.2 Å². The van der Waals surface area contributed by atoms with Gasteiger partial charge in [0.1, 0.15) is 4.90 Å². The summed E-state index contributed by atoms with van der Waals surface area (Å²) in [6.45, 7) is 3.62. The lowest BCUT2D eigenvalue weighted by Gasteiger charge is -2.26. The van der Waals surface area contributed by atoms with Crippen LogP contribution in [0.1, 0.15) is 20.3 Å². The molecule has 0 aliphatic rings. The first-order chi connectivity index (χ1) is 9.07. The van der Waals surface area contributed by atoms with Crippen LogP contribution >= 0.6 is 0 Å². The van der Waals surface area contributed by atoms with Crippen molar-refractivity contribution >= 4 is 27.3 Å². The molecule has 0 unspecified atom stereocenters. The summed E-state index contributed by atoms with van der Waals surface area (Å²) < 4.78 is 25.6. The van der Waals surface area contributed by atoms with E-state index in [0.29, 0.717) is 5.69 Å². The number of anilines is 2. The SMILES string of the molecule is CNS(=O)(=O)c1ccc(NC(C)(C)CC(N)=O)cc1N. The van der Waals surface area contributed by atoms with E-state index in [0.717, 1.165) is 0 Å². The van der Waals surface area contributed by atoms with Crippen LogP contribution in [-0.4, -0.2) is 26.9 Å². The number of rotatable bonds is 6. The number of carbonyl (C=O) groups is 1. The van der Waals surface area contributed by atoms with Crippen molar-refractivity contribution in [3.63, 3.8) is 0 Å². The fourth-order valence-corrected chi connectivity index (χ4v) is 2.69. The number of nitrogens with two attached hydrogens (primary N) is 2. The lowest BCUT2D eigenvalue weighted by molar-refractivity contribution is -0.118. The lowest BCUT2D eigenvalue weighted by atomic mass is 10.00. The first-order valence-electron chi connectivity index (χ1n) is 5.97. The molecule has 0 fully saturated rings. The van der Waals surface area contributed by atoms with Crippen molar-refractivity contribution in [3.05, 3.63) is 18.2 Å². The van der Waals surface area contributed by atoms with Gasteiger partial charge in [0, 0.05) is 17.6 Å². The number of hydrogen-bond acceptors (Lipinski definition) is 5. The fraction of sp³-hybridized carbons (Fsp3) is 0.417. The number of carbonyl (C=O) groups excluding carboxylic acids is 1. The smallest absolute Gasteiger partial charge is 0.242 e. The van der Waals surface area contributed by atoms with Crippen molar-refractivity contribution in [3.8, 4) is 0 Å². The third-order valence-corrected chi connectivity index (χ3v) is 4.16. The molecule has 0 spiro atoms. The van der Waals surface area contributed by atoms with Gasteiger partial charge < -0.3 is 16.8 Å². The first-order valence-corrected chi connectivity index (χ1v) is 7.45. The van der Waals surface area contributed by atoms with E-state index in [-0.39, 0.29) is 17.0 Å². The van der Waals surface area contributed by atoms with Crippen molar-refractivity contribution < 1.29 is 13.2 Å². The summed E-state index contributed by atoms with van der Waals surface area (Å²) in [7, 11) is -2.27. The molecule has 0 heterocycles. The number of amides is 1. The molecule has 20 heavy (non-hydrogen) atoms. The molecule has 0 aliphatic heterocycles. The van der Waals surface area contributed by atoms with Crippen LogP contribution in [0.3, 0.4) is 0 Å². The Morgan fingerprint density at radius 3 is 2.40 bits per heavy atom. The number of primary amides is 1. The Hall–Kier alpha value is -1.80. The van der Waals surface area contributed by atoms with Gasteiger partial charge in [-0.25, -0.2) is 13.1 Å². The second kappa shape index (κ2) is 5.68. The monoisotopic (exact) mass is 300 g/mol. The Balaban J connectivity index is 3.02. The molecule has 1 aromatic rings. The zero-order valence-corrected chi connectivity index (χ0v) is 12.5. The lowest BCUT2D eigenvalue weighted by Crippen LogP contribution is -2.36. The topological polar surface area (TPSA) is 127 Å². The van der Waals surface area contributed by atoms with Crippen LogP contribution < -0.4 is 21.5 Å². The van der Waals surface area contributed by atoms with Crippen LogP contribution in [0.25, 0.3) is 0 Å². The molecule has 6 N–H and O–H groups in total. The quantitative estimate of drug-likeness (QED) is 0.560. The normalized spacial score (nSPS) is 12.2. The maximum atomic E-state index is 11.7. The standard InChI is InChI=1S/C12H20N4O3S/c1-12(2,7-11(14)17)16-8-4-5-10(9(13)6-8)20(18,19)15-3/h4-6,15-16H,7,13H2,1-3H3,(H2,14,17). The van der Waals surface area contributed by atoms with E-state index in [1.807, 2.05) is 13.8 Å². The molecule has 8 heteroatoms. The Morgan fingerprint density at radius 1 is 1.35 bits per heavy atom. The summed E-state index contributed by atoms with van der Waals surface area (Å²) in [5, 5.41) is 3.09. The Morgan fingerprint density at radius 2 is 1.95 bits per heavy atom. The maximum Gasteiger partial charge on any atom is 0.242 e. The highest BCUT2D eigenvalue weighted by Crippen LogP contribution is 2.25. The van der Waals surface area contributed by atoms with Crippen LogP contribution in [0.5, 0.6) is 0 Å². The van der Waals surface area contributed by atoms with Gasteiger partial charge in [-0.1, -0.05) is 0 Å². The average molecular weight is 300 g/mol.